The lowest BCUT2D eigenvalue weighted by atomic mass is 10.0. The van der Waals surface area contributed by atoms with Crippen LogP contribution < -0.4 is 5.32 Å². The zero-order chi connectivity index (χ0) is 10.6. The van der Waals surface area contributed by atoms with Gasteiger partial charge in [0.25, 0.3) is 0 Å². The minimum absolute atomic E-state index is 0.282. The summed E-state index contributed by atoms with van der Waals surface area (Å²) in [5, 5.41) is 3.27. The molecule has 1 aliphatic carbocycles. The van der Waals surface area contributed by atoms with Crippen molar-refractivity contribution in [2.75, 3.05) is 18.6 Å². The smallest absolute Gasteiger partial charge is 0.150 e. The van der Waals surface area contributed by atoms with Crippen molar-refractivity contribution < 1.29 is 8.42 Å². The first-order valence-corrected chi connectivity index (χ1v) is 7.29. The molecule has 3 nitrogen and oxygen atoms in total. The topological polar surface area (TPSA) is 46.2 Å². The SMILES string of the molecule is CCS(=O)(=O)CCC1CCCC1NC. The van der Waals surface area contributed by atoms with Gasteiger partial charge >= 0.3 is 0 Å². The van der Waals surface area contributed by atoms with E-state index in [1.807, 2.05) is 7.05 Å². The third kappa shape index (κ3) is 3.24. The average Bonchev–Trinajstić information content (AvgIpc) is 2.62. The van der Waals surface area contributed by atoms with Crippen molar-refractivity contribution in [3.8, 4) is 0 Å². The number of nitrogens with one attached hydrogen (secondary N) is 1. The fourth-order valence-electron chi connectivity index (χ4n) is 2.24. The van der Waals surface area contributed by atoms with Crippen LogP contribution in [-0.4, -0.2) is 33.0 Å². The standard InChI is InChI=1S/C10H21NO2S/c1-3-14(12,13)8-7-9-5-4-6-10(9)11-2/h9-11H,3-8H2,1-2H3. The van der Waals surface area contributed by atoms with Gasteiger partial charge in [0.2, 0.25) is 0 Å². The van der Waals surface area contributed by atoms with Crippen molar-refractivity contribution >= 4 is 9.84 Å². The minimum atomic E-state index is -2.77. The fourth-order valence-corrected chi connectivity index (χ4v) is 3.19. The Labute approximate surface area is 87.2 Å². The second kappa shape index (κ2) is 5.12. The van der Waals surface area contributed by atoms with Crippen molar-refractivity contribution in [1.29, 1.82) is 0 Å². The van der Waals surface area contributed by atoms with Crippen LogP contribution in [0, 0.1) is 5.92 Å². The molecule has 1 aliphatic rings. The molecule has 1 saturated carbocycles. The summed E-state index contributed by atoms with van der Waals surface area (Å²) in [6.45, 7) is 1.72. The summed E-state index contributed by atoms with van der Waals surface area (Å²) < 4.78 is 22.7. The lowest BCUT2D eigenvalue weighted by Gasteiger charge is -2.18. The molecular formula is C10H21NO2S. The highest BCUT2D eigenvalue weighted by molar-refractivity contribution is 7.91. The van der Waals surface area contributed by atoms with Gasteiger partial charge in [-0.2, -0.15) is 0 Å². The Hall–Kier alpha value is -0.0900. The van der Waals surface area contributed by atoms with Gasteiger partial charge < -0.3 is 5.32 Å². The predicted molar refractivity (Wildman–Crippen MR) is 59.1 cm³/mol. The average molecular weight is 219 g/mol. The van der Waals surface area contributed by atoms with E-state index >= 15 is 0 Å². The normalized spacial score (nSPS) is 28.1. The lowest BCUT2D eigenvalue weighted by molar-refractivity contribution is 0.414. The highest BCUT2D eigenvalue weighted by atomic mass is 32.2. The van der Waals surface area contributed by atoms with E-state index < -0.39 is 9.84 Å². The van der Waals surface area contributed by atoms with Gasteiger partial charge in [0.1, 0.15) is 9.84 Å². The number of sulfone groups is 1. The highest BCUT2D eigenvalue weighted by Crippen LogP contribution is 2.28. The predicted octanol–water partition coefficient (Wildman–Crippen LogP) is 1.20. The molecule has 1 N–H and O–H groups in total. The summed E-state index contributed by atoms with van der Waals surface area (Å²) >= 11 is 0. The van der Waals surface area contributed by atoms with E-state index in [9.17, 15) is 8.42 Å². The van der Waals surface area contributed by atoms with Crippen LogP contribution >= 0.6 is 0 Å². The van der Waals surface area contributed by atoms with Crippen molar-refractivity contribution in [2.24, 2.45) is 5.92 Å². The molecule has 0 aromatic carbocycles. The third-order valence-electron chi connectivity index (χ3n) is 3.27. The Morgan fingerprint density at radius 2 is 2.07 bits per heavy atom. The van der Waals surface area contributed by atoms with Crippen LogP contribution in [0.3, 0.4) is 0 Å². The summed E-state index contributed by atoms with van der Waals surface area (Å²) in [5.41, 5.74) is 0. The molecule has 0 aromatic rings. The summed E-state index contributed by atoms with van der Waals surface area (Å²) in [6.07, 6.45) is 4.46. The second-order valence-corrected chi connectivity index (χ2v) is 6.58. The number of rotatable bonds is 5. The van der Waals surface area contributed by atoms with Crippen LogP contribution in [0.4, 0.5) is 0 Å². The van der Waals surface area contributed by atoms with Crippen LogP contribution in [0.5, 0.6) is 0 Å². The maximum Gasteiger partial charge on any atom is 0.150 e. The van der Waals surface area contributed by atoms with Gasteiger partial charge in [-0.15, -0.1) is 0 Å². The van der Waals surface area contributed by atoms with Crippen LogP contribution in [0.15, 0.2) is 0 Å². The summed E-state index contributed by atoms with van der Waals surface area (Å²) in [6, 6.07) is 0.544. The van der Waals surface area contributed by atoms with Gasteiger partial charge in [0.15, 0.2) is 0 Å². The molecule has 0 aromatic heterocycles. The fraction of sp³-hybridized carbons (Fsp3) is 1.00. The molecule has 0 saturated heterocycles. The molecule has 84 valence electrons. The maximum atomic E-state index is 11.3. The molecule has 14 heavy (non-hydrogen) atoms. The number of hydrogen-bond donors (Lipinski definition) is 1. The summed E-state index contributed by atoms with van der Waals surface area (Å²) in [4.78, 5) is 0. The Kier molecular flexibility index (Phi) is 4.38. The molecule has 1 fully saturated rings. The molecule has 1 rings (SSSR count). The van der Waals surface area contributed by atoms with E-state index in [1.54, 1.807) is 6.92 Å². The van der Waals surface area contributed by atoms with E-state index in [2.05, 4.69) is 5.32 Å². The molecular weight excluding hydrogens is 198 g/mol. The Bertz CT molecular complexity index is 261. The Balaban J connectivity index is 2.38. The van der Waals surface area contributed by atoms with E-state index in [1.165, 1.54) is 19.3 Å². The van der Waals surface area contributed by atoms with E-state index in [-0.39, 0.29) is 5.75 Å². The first-order chi connectivity index (χ1) is 6.59. The molecule has 0 amide bonds. The zero-order valence-electron chi connectivity index (χ0n) is 9.12. The van der Waals surface area contributed by atoms with Crippen LogP contribution in [-0.2, 0) is 9.84 Å². The first-order valence-electron chi connectivity index (χ1n) is 5.46. The molecule has 0 bridgehead atoms. The van der Waals surface area contributed by atoms with Gasteiger partial charge in [-0.1, -0.05) is 13.3 Å². The largest absolute Gasteiger partial charge is 0.317 e. The molecule has 4 heteroatoms. The molecule has 0 radical (unpaired) electrons. The third-order valence-corrected chi connectivity index (χ3v) is 5.01. The lowest BCUT2D eigenvalue weighted by Crippen LogP contribution is -2.30. The highest BCUT2D eigenvalue weighted by Gasteiger charge is 2.26. The molecule has 0 spiro atoms. The van der Waals surface area contributed by atoms with Crippen molar-refractivity contribution in [3.05, 3.63) is 0 Å². The number of hydrogen-bond acceptors (Lipinski definition) is 3. The minimum Gasteiger partial charge on any atom is -0.317 e. The quantitative estimate of drug-likeness (QED) is 0.756. The van der Waals surface area contributed by atoms with Gasteiger partial charge in [0.05, 0.1) is 5.75 Å². The Morgan fingerprint density at radius 1 is 1.36 bits per heavy atom. The molecule has 2 unspecified atom stereocenters. The van der Waals surface area contributed by atoms with Crippen molar-refractivity contribution in [3.63, 3.8) is 0 Å². The van der Waals surface area contributed by atoms with Gasteiger partial charge in [-0.3, -0.25) is 0 Å². The molecule has 2 atom stereocenters. The molecule has 0 aliphatic heterocycles. The van der Waals surface area contributed by atoms with Crippen LogP contribution in [0.1, 0.15) is 32.6 Å². The maximum absolute atomic E-state index is 11.3. The van der Waals surface area contributed by atoms with Gasteiger partial charge in [-0.05, 0) is 32.2 Å². The Morgan fingerprint density at radius 3 is 2.64 bits per heavy atom. The van der Waals surface area contributed by atoms with Crippen molar-refractivity contribution in [1.82, 2.24) is 5.32 Å². The second-order valence-electron chi connectivity index (χ2n) is 4.11. The first kappa shape index (κ1) is 12.0. The van der Waals surface area contributed by atoms with E-state index in [4.69, 9.17) is 0 Å². The summed E-state index contributed by atoms with van der Waals surface area (Å²) in [5.74, 6) is 1.22. The van der Waals surface area contributed by atoms with Crippen molar-refractivity contribution in [2.45, 2.75) is 38.6 Å². The van der Waals surface area contributed by atoms with Crippen LogP contribution in [0.25, 0.3) is 0 Å². The summed E-state index contributed by atoms with van der Waals surface area (Å²) in [7, 11) is -0.797. The van der Waals surface area contributed by atoms with E-state index in [0.29, 0.717) is 17.7 Å². The zero-order valence-corrected chi connectivity index (χ0v) is 9.94. The monoisotopic (exact) mass is 219 g/mol. The van der Waals surface area contributed by atoms with E-state index in [0.717, 1.165) is 6.42 Å². The molecule has 0 heterocycles. The van der Waals surface area contributed by atoms with Crippen LogP contribution in [0.2, 0.25) is 0 Å². The van der Waals surface area contributed by atoms with Gasteiger partial charge in [-0.25, -0.2) is 8.42 Å². The van der Waals surface area contributed by atoms with Gasteiger partial charge in [0, 0.05) is 11.8 Å².